The van der Waals surface area contributed by atoms with Crippen LogP contribution >= 0.6 is 0 Å². The van der Waals surface area contributed by atoms with Crippen LogP contribution in [-0.2, 0) is 6.42 Å². The highest BCUT2D eigenvalue weighted by molar-refractivity contribution is 6.10. The number of amides is 1. The maximum absolute atomic E-state index is 12.9. The number of hydrogen-bond donors (Lipinski definition) is 3. The number of anilines is 1. The molecule has 172 valence electrons. The largest absolute Gasteiger partial charge is 0.486 e. The Labute approximate surface area is 197 Å². The average molecular weight is 455 g/mol. The number of aromatic amines is 1. The Morgan fingerprint density at radius 1 is 1.00 bits per heavy atom. The molecule has 7 nitrogen and oxygen atoms in total. The van der Waals surface area contributed by atoms with Crippen LogP contribution < -0.4 is 20.1 Å². The van der Waals surface area contributed by atoms with Crippen molar-refractivity contribution < 1.29 is 14.3 Å². The van der Waals surface area contributed by atoms with Gasteiger partial charge < -0.3 is 19.8 Å². The van der Waals surface area contributed by atoms with Gasteiger partial charge in [-0.05, 0) is 49.2 Å². The first kappa shape index (κ1) is 21.6. The fourth-order valence-electron chi connectivity index (χ4n) is 3.96. The van der Waals surface area contributed by atoms with Gasteiger partial charge in [-0.2, -0.15) is 0 Å². The predicted octanol–water partition coefficient (Wildman–Crippen LogP) is 4.69. The van der Waals surface area contributed by atoms with E-state index in [0.29, 0.717) is 42.8 Å². The first-order valence-corrected chi connectivity index (χ1v) is 11.3. The minimum Gasteiger partial charge on any atom is -0.486 e. The zero-order valence-corrected chi connectivity index (χ0v) is 18.9. The van der Waals surface area contributed by atoms with E-state index in [0.717, 1.165) is 23.2 Å². The van der Waals surface area contributed by atoms with Crippen molar-refractivity contribution in [1.82, 2.24) is 10.3 Å². The maximum Gasteiger partial charge on any atom is 0.257 e. The van der Waals surface area contributed by atoms with Crippen LogP contribution in [0.3, 0.4) is 0 Å². The second-order valence-corrected chi connectivity index (χ2v) is 8.15. The van der Waals surface area contributed by atoms with Crippen LogP contribution in [0.15, 0.2) is 77.9 Å². The van der Waals surface area contributed by atoms with E-state index in [1.807, 2.05) is 61.7 Å². The third kappa shape index (κ3) is 4.88. The molecule has 1 aliphatic rings. The molecule has 3 N–H and O–H groups in total. The van der Waals surface area contributed by atoms with E-state index in [2.05, 4.69) is 32.7 Å². The lowest BCUT2D eigenvalue weighted by Gasteiger charge is -2.19. The van der Waals surface area contributed by atoms with Crippen molar-refractivity contribution in [2.24, 2.45) is 4.99 Å². The highest BCUT2D eigenvalue weighted by Crippen LogP contribution is 2.32. The Kier molecular flexibility index (Phi) is 6.16. The smallest absolute Gasteiger partial charge is 0.257 e. The van der Waals surface area contributed by atoms with Gasteiger partial charge in [0.15, 0.2) is 11.5 Å². The standard InChI is InChI=1S/C27H26N4O3/c1-18-5-4-6-19(15-18)26(32)31-27(30-21-9-10-24-25(16-21)34-14-13-33-24)28-12-11-20-17-29-23-8-3-2-7-22(20)23/h2-10,15-17,29H,11-14H2,1H3,(H2,28,30,31,32). The van der Waals surface area contributed by atoms with Crippen molar-refractivity contribution in [2.75, 3.05) is 25.1 Å². The van der Waals surface area contributed by atoms with Gasteiger partial charge >= 0.3 is 0 Å². The number of guanidine groups is 1. The summed E-state index contributed by atoms with van der Waals surface area (Å²) >= 11 is 0. The molecule has 0 unspecified atom stereocenters. The number of nitrogens with zero attached hydrogens (tertiary/aromatic N) is 1. The molecule has 7 heteroatoms. The van der Waals surface area contributed by atoms with Gasteiger partial charge in [0, 0.05) is 41.0 Å². The summed E-state index contributed by atoms with van der Waals surface area (Å²) in [6.45, 7) is 3.50. The lowest BCUT2D eigenvalue weighted by molar-refractivity contribution is 0.0977. The maximum atomic E-state index is 12.9. The number of aliphatic imine (C=N–C) groups is 1. The van der Waals surface area contributed by atoms with Crippen molar-refractivity contribution in [1.29, 1.82) is 0 Å². The average Bonchev–Trinajstić information content (AvgIpc) is 3.27. The number of rotatable bonds is 5. The van der Waals surface area contributed by atoms with Gasteiger partial charge in [-0.15, -0.1) is 0 Å². The monoisotopic (exact) mass is 454 g/mol. The van der Waals surface area contributed by atoms with E-state index < -0.39 is 0 Å². The van der Waals surface area contributed by atoms with Crippen LogP contribution in [0.1, 0.15) is 21.5 Å². The van der Waals surface area contributed by atoms with Gasteiger partial charge in [-0.1, -0.05) is 35.9 Å². The highest BCUT2D eigenvalue weighted by Gasteiger charge is 2.14. The van der Waals surface area contributed by atoms with Gasteiger partial charge in [0.1, 0.15) is 13.2 Å². The van der Waals surface area contributed by atoms with Crippen molar-refractivity contribution in [2.45, 2.75) is 13.3 Å². The van der Waals surface area contributed by atoms with Crippen molar-refractivity contribution >= 4 is 28.5 Å². The summed E-state index contributed by atoms with van der Waals surface area (Å²) in [7, 11) is 0. The normalized spacial score (nSPS) is 13.0. The number of nitrogens with one attached hydrogen (secondary N) is 3. The molecule has 0 aliphatic carbocycles. The molecule has 3 aromatic carbocycles. The SMILES string of the molecule is Cc1cccc(C(=O)NC(=NCCc2c[nH]c3ccccc23)Nc2ccc3c(c2)OCCO3)c1. The second kappa shape index (κ2) is 9.70. The Balaban J connectivity index is 1.36. The number of ether oxygens (including phenoxy) is 2. The fourth-order valence-corrected chi connectivity index (χ4v) is 3.96. The summed E-state index contributed by atoms with van der Waals surface area (Å²) in [4.78, 5) is 20.9. The molecule has 0 saturated carbocycles. The van der Waals surface area contributed by atoms with Crippen LogP contribution in [0.4, 0.5) is 5.69 Å². The summed E-state index contributed by atoms with van der Waals surface area (Å²) in [5.74, 6) is 1.53. The Morgan fingerprint density at radius 3 is 2.74 bits per heavy atom. The molecule has 1 aliphatic heterocycles. The topological polar surface area (TPSA) is 87.7 Å². The third-order valence-electron chi connectivity index (χ3n) is 5.64. The van der Waals surface area contributed by atoms with E-state index in [1.54, 1.807) is 6.07 Å². The zero-order valence-electron chi connectivity index (χ0n) is 18.9. The molecule has 1 amide bonds. The minimum atomic E-state index is -0.223. The van der Waals surface area contributed by atoms with Gasteiger partial charge in [0.05, 0.1) is 0 Å². The number of fused-ring (bicyclic) bond motifs is 2. The molecule has 0 fully saturated rings. The van der Waals surface area contributed by atoms with E-state index >= 15 is 0 Å². The molecular weight excluding hydrogens is 428 g/mol. The number of H-pyrrole nitrogens is 1. The molecule has 2 heterocycles. The van der Waals surface area contributed by atoms with Crippen LogP contribution in [0, 0.1) is 6.92 Å². The number of aryl methyl sites for hydroxylation is 1. The lowest BCUT2D eigenvalue weighted by Crippen LogP contribution is -2.36. The molecule has 1 aromatic heterocycles. The summed E-state index contributed by atoms with van der Waals surface area (Å²) in [5, 5.41) is 7.35. The van der Waals surface area contributed by atoms with Crippen molar-refractivity contribution in [3.63, 3.8) is 0 Å². The van der Waals surface area contributed by atoms with Gasteiger partial charge in [0.25, 0.3) is 5.91 Å². The van der Waals surface area contributed by atoms with Crippen LogP contribution in [0.5, 0.6) is 11.5 Å². The quantitative estimate of drug-likeness (QED) is 0.302. The molecule has 5 rings (SSSR count). The number of benzene rings is 3. The molecule has 0 bridgehead atoms. The molecule has 0 saturated heterocycles. The molecule has 4 aromatic rings. The van der Waals surface area contributed by atoms with E-state index in [1.165, 1.54) is 10.9 Å². The van der Waals surface area contributed by atoms with Crippen LogP contribution in [0.2, 0.25) is 0 Å². The van der Waals surface area contributed by atoms with Crippen molar-refractivity contribution in [3.8, 4) is 11.5 Å². The number of para-hydroxylation sites is 1. The Bertz CT molecular complexity index is 1360. The Hall–Kier alpha value is -4.26. The predicted molar refractivity (Wildman–Crippen MR) is 134 cm³/mol. The summed E-state index contributed by atoms with van der Waals surface area (Å²) in [6.07, 6.45) is 2.75. The van der Waals surface area contributed by atoms with Gasteiger partial charge in [-0.25, -0.2) is 0 Å². The van der Waals surface area contributed by atoms with E-state index in [-0.39, 0.29) is 5.91 Å². The number of carbonyl (C=O) groups is 1. The first-order chi connectivity index (χ1) is 16.7. The summed E-state index contributed by atoms with van der Waals surface area (Å²) in [5.41, 5.74) is 4.63. The molecular formula is C27H26N4O3. The summed E-state index contributed by atoms with van der Waals surface area (Å²) in [6, 6.07) is 21.2. The summed E-state index contributed by atoms with van der Waals surface area (Å²) < 4.78 is 11.3. The minimum absolute atomic E-state index is 0.223. The highest BCUT2D eigenvalue weighted by atomic mass is 16.6. The van der Waals surface area contributed by atoms with Crippen LogP contribution in [0.25, 0.3) is 10.9 Å². The molecule has 0 spiro atoms. The molecule has 0 atom stereocenters. The number of aromatic nitrogens is 1. The van der Waals surface area contributed by atoms with E-state index in [4.69, 9.17) is 9.47 Å². The third-order valence-corrected chi connectivity index (χ3v) is 5.64. The van der Waals surface area contributed by atoms with Gasteiger partial charge in [0.2, 0.25) is 5.96 Å². The Morgan fingerprint density at radius 2 is 1.85 bits per heavy atom. The molecule has 34 heavy (non-hydrogen) atoms. The van der Waals surface area contributed by atoms with E-state index in [9.17, 15) is 4.79 Å². The zero-order chi connectivity index (χ0) is 23.3. The van der Waals surface area contributed by atoms with Crippen molar-refractivity contribution in [3.05, 3.63) is 89.6 Å². The first-order valence-electron chi connectivity index (χ1n) is 11.3. The fraction of sp³-hybridized carbons (Fsp3) is 0.185. The lowest BCUT2D eigenvalue weighted by atomic mass is 10.1. The van der Waals surface area contributed by atoms with Crippen LogP contribution in [-0.4, -0.2) is 36.6 Å². The second-order valence-electron chi connectivity index (χ2n) is 8.15. The number of carbonyl (C=O) groups excluding carboxylic acids is 1. The molecule has 0 radical (unpaired) electrons. The number of hydrogen-bond acceptors (Lipinski definition) is 4. The van der Waals surface area contributed by atoms with Gasteiger partial charge in [-0.3, -0.25) is 15.1 Å².